The highest BCUT2D eigenvalue weighted by Gasteiger charge is 2.35. The number of benzene rings is 3. The first-order valence-electron chi connectivity index (χ1n) is 11.9. The van der Waals surface area contributed by atoms with E-state index in [4.69, 9.17) is 0 Å². The van der Waals surface area contributed by atoms with Crippen molar-refractivity contribution in [3.8, 4) is 11.1 Å². The number of hydrogen-bond acceptors (Lipinski definition) is 3. The lowest BCUT2D eigenvalue weighted by Gasteiger charge is -2.20. The molecular weight excluding hydrogens is 446 g/mol. The number of fused-ring (bicyclic) bond motifs is 3. The Kier molecular flexibility index (Phi) is 7.06. The lowest BCUT2D eigenvalue weighted by Crippen LogP contribution is -2.25. The van der Waals surface area contributed by atoms with Crippen LogP contribution < -0.4 is 0 Å². The summed E-state index contributed by atoms with van der Waals surface area (Å²) in [7, 11) is 0. The maximum atomic E-state index is 13.6. The second-order valence-electron chi connectivity index (χ2n) is 9.52. The zero-order valence-electron chi connectivity index (χ0n) is 20.1. The zero-order valence-corrected chi connectivity index (χ0v) is 20.1. The molecule has 0 N–H and O–H groups in total. The van der Waals surface area contributed by atoms with Crippen molar-refractivity contribution < 1.29 is 23.2 Å². The Balaban J connectivity index is 1.54. The largest absolute Gasteiger partial charge is 0.299 e. The molecule has 1 aliphatic rings. The Morgan fingerprint density at radius 3 is 2.00 bits per heavy atom. The zero-order chi connectivity index (χ0) is 25.3. The van der Waals surface area contributed by atoms with Crippen molar-refractivity contribution in [2.45, 2.75) is 51.4 Å². The molecule has 3 aromatic rings. The summed E-state index contributed by atoms with van der Waals surface area (Å²) in [6.07, 6.45) is -0.0535. The van der Waals surface area contributed by atoms with E-state index in [1.807, 2.05) is 55.5 Å². The molecule has 4 atom stereocenters. The molecule has 0 aromatic heterocycles. The highest BCUT2D eigenvalue weighted by atomic mass is 19.1. The molecule has 0 saturated heterocycles. The van der Waals surface area contributed by atoms with Crippen molar-refractivity contribution in [1.29, 1.82) is 0 Å². The van der Waals surface area contributed by atoms with Gasteiger partial charge in [-0.15, -0.1) is 0 Å². The van der Waals surface area contributed by atoms with Gasteiger partial charge in [-0.3, -0.25) is 14.4 Å². The summed E-state index contributed by atoms with van der Waals surface area (Å²) in [5.41, 5.74) is 3.96. The van der Waals surface area contributed by atoms with Crippen LogP contribution in [0.25, 0.3) is 11.1 Å². The predicted octanol–water partition coefficient (Wildman–Crippen LogP) is 6.76. The third kappa shape index (κ3) is 5.00. The Morgan fingerprint density at radius 2 is 1.37 bits per heavy atom. The molecule has 1 aliphatic carbocycles. The van der Waals surface area contributed by atoms with Crippen LogP contribution in [0.3, 0.4) is 0 Å². The van der Waals surface area contributed by atoms with Gasteiger partial charge in [0.1, 0.15) is 29.0 Å². The molecular formula is C30H28F2O3. The maximum absolute atomic E-state index is 13.6. The SMILES string of the molecule is CC1C(=O)[C@@H](CC(=O)[C@H](C)CC(=O)[C@@H](C)c2cc(F)cc(F)c2)c2ccccc2-c2ccccc21. The second kappa shape index (κ2) is 10.0. The summed E-state index contributed by atoms with van der Waals surface area (Å²) in [5.74, 6) is -4.29. The van der Waals surface area contributed by atoms with Gasteiger partial charge in [0.25, 0.3) is 0 Å². The number of rotatable bonds is 7. The number of hydrogen-bond donors (Lipinski definition) is 0. The first kappa shape index (κ1) is 24.6. The minimum atomic E-state index is -0.746. The summed E-state index contributed by atoms with van der Waals surface area (Å²) >= 11 is 0. The van der Waals surface area contributed by atoms with Gasteiger partial charge in [-0.1, -0.05) is 69.3 Å². The number of ketones is 3. The van der Waals surface area contributed by atoms with E-state index in [9.17, 15) is 23.2 Å². The fourth-order valence-corrected chi connectivity index (χ4v) is 4.99. The van der Waals surface area contributed by atoms with Gasteiger partial charge in [0.2, 0.25) is 0 Å². The highest BCUT2D eigenvalue weighted by Crippen LogP contribution is 2.43. The predicted molar refractivity (Wildman–Crippen MR) is 131 cm³/mol. The van der Waals surface area contributed by atoms with Crippen molar-refractivity contribution in [3.05, 3.63) is 95.1 Å². The van der Waals surface area contributed by atoms with Gasteiger partial charge in [-0.2, -0.15) is 0 Å². The third-order valence-electron chi connectivity index (χ3n) is 7.15. The fourth-order valence-electron chi connectivity index (χ4n) is 4.99. The maximum Gasteiger partial charge on any atom is 0.147 e. The molecule has 0 amide bonds. The van der Waals surface area contributed by atoms with Crippen molar-refractivity contribution >= 4 is 17.3 Å². The Bertz CT molecular complexity index is 1280. The van der Waals surface area contributed by atoms with Crippen LogP contribution in [0.2, 0.25) is 0 Å². The number of Topliss-reactive ketones (excluding diaryl/α,β-unsaturated/α-hetero) is 3. The molecule has 0 heterocycles. The summed E-state index contributed by atoms with van der Waals surface area (Å²) in [4.78, 5) is 39.6. The van der Waals surface area contributed by atoms with Crippen LogP contribution in [0.4, 0.5) is 8.78 Å². The minimum Gasteiger partial charge on any atom is -0.299 e. The van der Waals surface area contributed by atoms with Gasteiger partial charge in [-0.25, -0.2) is 8.78 Å². The number of carbonyl (C=O) groups is 3. The summed E-state index contributed by atoms with van der Waals surface area (Å²) in [5, 5.41) is 0. The quantitative estimate of drug-likeness (QED) is 0.380. The number of carbonyl (C=O) groups excluding carboxylic acids is 3. The van der Waals surface area contributed by atoms with Gasteiger partial charge in [0, 0.05) is 36.7 Å². The molecule has 0 saturated carbocycles. The van der Waals surface area contributed by atoms with Crippen molar-refractivity contribution in [2.24, 2.45) is 5.92 Å². The molecule has 0 spiro atoms. The van der Waals surface area contributed by atoms with E-state index < -0.39 is 29.4 Å². The van der Waals surface area contributed by atoms with Crippen molar-refractivity contribution in [2.75, 3.05) is 0 Å². The summed E-state index contributed by atoms with van der Waals surface area (Å²) < 4.78 is 27.2. The Hall–Kier alpha value is -3.47. The molecule has 3 aromatic carbocycles. The van der Waals surface area contributed by atoms with Crippen LogP contribution in [-0.2, 0) is 14.4 Å². The monoisotopic (exact) mass is 474 g/mol. The normalized spacial score (nSPS) is 18.7. The van der Waals surface area contributed by atoms with Crippen molar-refractivity contribution in [1.82, 2.24) is 0 Å². The second-order valence-corrected chi connectivity index (χ2v) is 9.52. The first-order chi connectivity index (χ1) is 16.7. The molecule has 1 unspecified atom stereocenters. The molecule has 4 rings (SSSR count). The first-order valence-corrected chi connectivity index (χ1v) is 11.9. The van der Waals surface area contributed by atoms with Gasteiger partial charge >= 0.3 is 0 Å². The lowest BCUT2D eigenvalue weighted by atomic mass is 9.81. The molecule has 5 heteroatoms. The van der Waals surface area contributed by atoms with Crippen LogP contribution in [-0.4, -0.2) is 17.3 Å². The van der Waals surface area contributed by atoms with Gasteiger partial charge in [0.15, 0.2) is 0 Å². The minimum absolute atomic E-state index is 0.00555. The molecule has 0 radical (unpaired) electrons. The van der Waals surface area contributed by atoms with Gasteiger partial charge in [0.05, 0.1) is 5.92 Å². The van der Waals surface area contributed by atoms with Crippen LogP contribution in [0.15, 0.2) is 66.7 Å². The Morgan fingerprint density at radius 1 is 0.829 bits per heavy atom. The molecule has 0 bridgehead atoms. The van der Waals surface area contributed by atoms with Gasteiger partial charge < -0.3 is 0 Å². The van der Waals surface area contributed by atoms with E-state index in [1.165, 1.54) is 0 Å². The van der Waals surface area contributed by atoms with E-state index in [0.29, 0.717) is 0 Å². The van der Waals surface area contributed by atoms with Crippen LogP contribution >= 0.6 is 0 Å². The summed E-state index contributed by atoms with van der Waals surface area (Å²) in [6.45, 7) is 5.12. The fraction of sp³-hybridized carbons (Fsp3) is 0.300. The Labute approximate surface area is 204 Å². The lowest BCUT2D eigenvalue weighted by molar-refractivity contribution is -0.130. The number of halogens is 2. The molecule has 0 aliphatic heterocycles. The van der Waals surface area contributed by atoms with E-state index in [0.717, 1.165) is 40.5 Å². The van der Waals surface area contributed by atoms with Crippen LogP contribution in [0.1, 0.15) is 68.1 Å². The highest BCUT2D eigenvalue weighted by molar-refractivity contribution is 6.01. The topological polar surface area (TPSA) is 51.2 Å². The summed E-state index contributed by atoms with van der Waals surface area (Å²) in [6, 6.07) is 18.5. The van der Waals surface area contributed by atoms with Gasteiger partial charge in [-0.05, 0) is 39.9 Å². The van der Waals surface area contributed by atoms with E-state index in [1.54, 1.807) is 13.8 Å². The van der Waals surface area contributed by atoms with Crippen LogP contribution in [0.5, 0.6) is 0 Å². The van der Waals surface area contributed by atoms with E-state index in [-0.39, 0.29) is 41.7 Å². The van der Waals surface area contributed by atoms with Crippen LogP contribution in [0, 0.1) is 17.6 Å². The standard InChI is InChI=1S/C30H28F2O3/c1-17(12-29(34)18(2)20-13-21(31)15-22(32)14-20)28(33)16-27-26-11-7-6-10-25(26)24-9-5-4-8-23(24)19(3)30(27)35/h4-11,13-15,17-19,27H,12,16H2,1-3H3/t17-,18+,19?,27+/m1/s1. The third-order valence-corrected chi connectivity index (χ3v) is 7.15. The molecule has 180 valence electrons. The van der Waals surface area contributed by atoms with Crippen molar-refractivity contribution in [3.63, 3.8) is 0 Å². The average Bonchev–Trinajstić information content (AvgIpc) is 2.92. The van der Waals surface area contributed by atoms with E-state index >= 15 is 0 Å². The average molecular weight is 475 g/mol. The smallest absolute Gasteiger partial charge is 0.147 e. The molecule has 3 nitrogen and oxygen atoms in total. The molecule has 0 fully saturated rings. The molecule has 35 heavy (non-hydrogen) atoms. The van der Waals surface area contributed by atoms with E-state index in [2.05, 4.69) is 0 Å².